The zero-order valence-corrected chi connectivity index (χ0v) is 9.80. The summed E-state index contributed by atoms with van der Waals surface area (Å²) in [6.45, 7) is 6.92. The van der Waals surface area contributed by atoms with Crippen LogP contribution in [0.4, 0.5) is 0 Å². The number of halogens is 2. The molecule has 0 aliphatic carbocycles. The lowest BCUT2D eigenvalue weighted by Gasteiger charge is -1.75. The predicted octanol–water partition coefficient (Wildman–Crippen LogP) is 2.87. The van der Waals surface area contributed by atoms with E-state index in [-0.39, 0.29) is 8.80 Å². The highest BCUT2D eigenvalue weighted by Crippen LogP contribution is 1.89. The van der Waals surface area contributed by atoms with Gasteiger partial charge in [-0.05, 0) is 0 Å². The van der Waals surface area contributed by atoms with E-state index < -0.39 is 0 Å². The largest absolute Gasteiger partial charge is 0.0724 e. The standard InChI is InChI=1S/C3H10Si.I2/c1-4(2)3;1-2/h4H,1-3H3;. The van der Waals surface area contributed by atoms with Crippen molar-refractivity contribution in [1.82, 2.24) is 0 Å². The fourth-order valence-electron chi connectivity index (χ4n) is 0. The molecule has 0 aliphatic rings. The molecule has 0 rings (SSSR count). The molecule has 3 heteroatoms. The van der Waals surface area contributed by atoms with Crippen molar-refractivity contribution in [2.24, 2.45) is 0 Å². The molecule has 0 bridgehead atoms. The van der Waals surface area contributed by atoms with E-state index in [0.29, 0.717) is 0 Å². The highest BCUT2D eigenvalue weighted by atomic mass is 128. The highest BCUT2D eigenvalue weighted by Gasteiger charge is 1.71. The second-order valence-electron chi connectivity index (χ2n) is 1.73. The Morgan fingerprint density at radius 3 is 1.00 bits per heavy atom. The van der Waals surface area contributed by atoms with Crippen LogP contribution in [0.5, 0.6) is 0 Å². The van der Waals surface area contributed by atoms with E-state index >= 15 is 0 Å². The van der Waals surface area contributed by atoms with Crippen LogP contribution in [0, 0.1) is 0 Å². The minimum absolute atomic E-state index is 0.139. The Labute approximate surface area is 65.0 Å². The van der Waals surface area contributed by atoms with E-state index in [9.17, 15) is 0 Å². The van der Waals surface area contributed by atoms with Gasteiger partial charge in [-0.3, -0.25) is 0 Å². The molecule has 0 heterocycles. The molecule has 0 nitrogen and oxygen atoms in total. The summed E-state index contributed by atoms with van der Waals surface area (Å²) in [6.07, 6.45) is 0. The van der Waals surface area contributed by atoms with Gasteiger partial charge in [-0.1, -0.05) is 19.6 Å². The third kappa shape index (κ3) is 44.2. The highest BCUT2D eigenvalue weighted by molar-refractivity contribution is 15.0. The molecule has 0 aliphatic heterocycles. The molecule has 40 valence electrons. The Hall–Kier alpha value is 1.68. The molecule has 0 amide bonds. The number of hydrogen-bond acceptors (Lipinski definition) is 0. The van der Waals surface area contributed by atoms with Gasteiger partial charge in [0.1, 0.15) is 0 Å². The summed E-state index contributed by atoms with van der Waals surface area (Å²) in [4.78, 5) is 0. The molecule has 0 aromatic rings. The third-order valence-electron chi connectivity index (χ3n) is 0. The summed E-state index contributed by atoms with van der Waals surface area (Å²) >= 11 is 4.24. The second-order valence-corrected chi connectivity index (χ2v) is 5.20. The maximum atomic E-state index is 2.31. The molecule has 0 N–H and O–H groups in total. The fourth-order valence-corrected chi connectivity index (χ4v) is 0. The van der Waals surface area contributed by atoms with Crippen LogP contribution in [-0.2, 0) is 0 Å². The molecule has 0 spiro atoms. The molecular weight excluding hydrogens is 318 g/mol. The topological polar surface area (TPSA) is 0 Å². The molecule has 0 saturated heterocycles. The summed E-state index contributed by atoms with van der Waals surface area (Å²) in [5, 5.41) is 0. The van der Waals surface area contributed by atoms with E-state index in [4.69, 9.17) is 0 Å². The van der Waals surface area contributed by atoms with Crippen molar-refractivity contribution in [1.29, 1.82) is 0 Å². The van der Waals surface area contributed by atoms with Gasteiger partial charge in [-0.15, -0.1) is 0 Å². The van der Waals surface area contributed by atoms with Gasteiger partial charge in [-0.25, -0.2) is 0 Å². The van der Waals surface area contributed by atoms with Gasteiger partial charge < -0.3 is 0 Å². The SMILES string of the molecule is C[SiH](C)C.II. The van der Waals surface area contributed by atoms with Crippen LogP contribution in [0.3, 0.4) is 0 Å². The van der Waals surface area contributed by atoms with Crippen molar-refractivity contribution >= 4 is 46.0 Å². The Balaban J connectivity index is 0. The van der Waals surface area contributed by atoms with Gasteiger partial charge in [0.15, 0.2) is 0 Å². The van der Waals surface area contributed by atoms with E-state index in [0.717, 1.165) is 0 Å². The summed E-state index contributed by atoms with van der Waals surface area (Å²) < 4.78 is 0. The number of hydrogen-bond donors (Lipinski definition) is 0. The normalized spacial score (nSPS) is 7.00. The summed E-state index contributed by atoms with van der Waals surface area (Å²) in [6, 6.07) is 0. The summed E-state index contributed by atoms with van der Waals surface area (Å²) in [5.74, 6) is 0. The molecule has 0 unspecified atom stereocenters. The maximum Gasteiger partial charge on any atom is 0.0274 e. The van der Waals surface area contributed by atoms with E-state index in [1.807, 2.05) is 0 Å². The molecule has 0 saturated carbocycles. The second kappa shape index (κ2) is 9.84. The van der Waals surface area contributed by atoms with Crippen molar-refractivity contribution in [3.63, 3.8) is 0 Å². The van der Waals surface area contributed by atoms with Crippen molar-refractivity contribution in [2.45, 2.75) is 19.6 Å². The lowest BCUT2D eigenvalue weighted by Crippen LogP contribution is -1.84. The van der Waals surface area contributed by atoms with Crippen LogP contribution in [0.15, 0.2) is 0 Å². The zero-order valence-electron chi connectivity index (χ0n) is 4.33. The zero-order chi connectivity index (χ0) is 5.58. The molecule has 6 heavy (non-hydrogen) atoms. The lowest BCUT2D eigenvalue weighted by molar-refractivity contribution is 1.91. The van der Waals surface area contributed by atoms with Crippen LogP contribution >= 0.6 is 37.2 Å². The lowest BCUT2D eigenvalue weighted by atomic mass is 11.8. The Morgan fingerprint density at radius 2 is 1.00 bits per heavy atom. The van der Waals surface area contributed by atoms with Gasteiger partial charge in [0.25, 0.3) is 0 Å². The first-order valence-corrected chi connectivity index (χ1v) is 11.6. The summed E-state index contributed by atoms with van der Waals surface area (Å²) in [7, 11) is -0.139. The van der Waals surface area contributed by atoms with Crippen LogP contribution in [0.2, 0.25) is 19.6 Å². The molecule has 0 aromatic heterocycles. The van der Waals surface area contributed by atoms with Crippen LogP contribution in [0.1, 0.15) is 0 Å². The molecule has 0 fully saturated rings. The van der Waals surface area contributed by atoms with E-state index in [2.05, 4.69) is 56.9 Å². The fraction of sp³-hybridized carbons (Fsp3) is 1.00. The first-order valence-electron chi connectivity index (χ1n) is 1.87. The average Bonchev–Trinajstić information content (AvgIpc) is 1.41. The van der Waals surface area contributed by atoms with Gasteiger partial charge in [0.05, 0.1) is 0 Å². The van der Waals surface area contributed by atoms with Crippen molar-refractivity contribution in [3.8, 4) is 0 Å². The molecule has 0 radical (unpaired) electrons. The van der Waals surface area contributed by atoms with Crippen molar-refractivity contribution < 1.29 is 0 Å². The minimum atomic E-state index is -0.139. The number of rotatable bonds is 0. The van der Waals surface area contributed by atoms with E-state index in [1.54, 1.807) is 0 Å². The monoisotopic (exact) mass is 328 g/mol. The van der Waals surface area contributed by atoms with E-state index in [1.165, 1.54) is 0 Å². The Kier molecular flexibility index (Phi) is 17.4. The minimum Gasteiger partial charge on any atom is -0.0724 e. The van der Waals surface area contributed by atoms with Gasteiger partial charge in [0.2, 0.25) is 0 Å². The summed E-state index contributed by atoms with van der Waals surface area (Å²) in [5.41, 5.74) is 0. The molecule has 0 atom stereocenters. The van der Waals surface area contributed by atoms with Crippen LogP contribution in [0.25, 0.3) is 0 Å². The smallest absolute Gasteiger partial charge is 0.0274 e. The third-order valence-corrected chi connectivity index (χ3v) is 0. The Bertz CT molecular complexity index is 13.5. The van der Waals surface area contributed by atoms with Crippen LogP contribution in [-0.4, -0.2) is 8.80 Å². The van der Waals surface area contributed by atoms with Gasteiger partial charge in [-0.2, -0.15) is 0 Å². The van der Waals surface area contributed by atoms with Crippen molar-refractivity contribution in [2.75, 3.05) is 0 Å². The quantitative estimate of drug-likeness (QED) is 0.474. The molecular formula is C3H10I2Si. The van der Waals surface area contributed by atoms with Gasteiger partial charge >= 0.3 is 0 Å². The predicted molar refractivity (Wildman–Crippen MR) is 52.8 cm³/mol. The van der Waals surface area contributed by atoms with Gasteiger partial charge in [0, 0.05) is 46.0 Å². The maximum absolute atomic E-state index is 2.31. The molecule has 0 aromatic carbocycles. The Morgan fingerprint density at radius 1 is 1.00 bits per heavy atom. The average molecular weight is 328 g/mol. The van der Waals surface area contributed by atoms with Crippen LogP contribution < -0.4 is 0 Å². The first kappa shape index (κ1) is 10.6. The first-order chi connectivity index (χ1) is 2.73. The van der Waals surface area contributed by atoms with Crippen molar-refractivity contribution in [3.05, 3.63) is 0 Å².